The highest BCUT2D eigenvalue weighted by Crippen LogP contribution is 2.26. The van der Waals surface area contributed by atoms with Gasteiger partial charge in [-0.3, -0.25) is 14.5 Å². The largest absolute Gasteiger partial charge is 0.508 e. The van der Waals surface area contributed by atoms with Gasteiger partial charge in [-0.15, -0.1) is 0 Å². The van der Waals surface area contributed by atoms with E-state index in [0.29, 0.717) is 54.1 Å². The average molecular weight is 562 g/mol. The van der Waals surface area contributed by atoms with E-state index in [0.717, 1.165) is 0 Å². The van der Waals surface area contributed by atoms with E-state index in [-0.39, 0.29) is 48.8 Å². The lowest BCUT2D eigenvalue weighted by Crippen LogP contribution is -2.55. The summed E-state index contributed by atoms with van der Waals surface area (Å²) in [5, 5.41) is 20.8. The Bertz CT molecular complexity index is 1200. The van der Waals surface area contributed by atoms with Crippen molar-refractivity contribution in [1.29, 1.82) is 0 Å². The fraction of sp³-hybridized carbons (Fsp3) is 0.394. The maximum absolute atomic E-state index is 11.9. The maximum atomic E-state index is 11.9. The predicted octanol–water partition coefficient (Wildman–Crippen LogP) is 5.23. The number of hydrogen-bond donors (Lipinski definition) is 2. The Balaban J connectivity index is 1.43. The zero-order valence-electron chi connectivity index (χ0n) is 23.9. The van der Waals surface area contributed by atoms with Crippen LogP contribution in [0.3, 0.4) is 0 Å². The van der Waals surface area contributed by atoms with E-state index in [1.54, 1.807) is 72.8 Å². The summed E-state index contributed by atoms with van der Waals surface area (Å²) in [4.78, 5) is 26.0. The van der Waals surface area contributed by atoms with Crippen LogP contribution in [0.5, 0.6) is 17.2 Å². The Morgan fingerprint density at radius 3 is 1.66 bits per heavy atom. The van der Waals surface area contributed by atoms with E-state index in [9.17, 15) is 19.8 Å². The van der Waals surface area contributed by atoms with Crippen molar-refractivity contribution in [3.63, 3.8) is 0 Å². The van der Waals surface area contributed by atoms with Gasteiger partial charge < -0.3 is 24.4 Å². The fourth-order valence-electron chi connectivity index (χ4n) is 4.88. The van der Waals surface area contributed by atoms with Crippen LogP contribution in [0.15, 0.2) is 72.8 Å². The smallest absolute Gasteiger partial charge is 0.162 e. The van der Waals surface area contributed by atoms with Crippen LogP contribution in [0.1, 0.15) is 66.0 Å². The number of aliphatic hydroxyl groups is 1. The third-order valence-corrected chi connectivity index (χ3v) is 7.40. The molecule has 0 aromatic heterocycles. The van der Waals surface area contributed by atoms with Crippen LogP contribution in [-0.2, 0) is 4.74 Å². The van der Waals surface area contributed by atoms with Crippen molar-refractivity contribution >= 4 is 11.6 Å². The summed E-state index contributed by atoms with van der Waals surface area (Å²) >= 11 is 0. The maximum Gasteiger partial charge on any atom is 0.162 e. The third kappa shape index (κ3) is 8.16. The van der Waals surface area contributed by atoms with Gasteiger partial charge >= 0.3 is 0 Å². The molecule has 3 aromatic rings. The van der Waals surface area contributed by atoms with Gasteiger partial charge in [0.25, 0.3) is 0 Å². The van der Waals surface area contributed by atoms with Gasteiger partial charge in [0.2, 0.25) is 0 Å². The number of carbonyl (C=O) groups excluding carboxylic acids is 2. The molecule has 0 bridgehead atoms. The molecule has 0 spiro atoms. The highest BCUT2D eigenvalue weighted by molar-refractivity contribution is 5.96. The third-order valence-electron chi connectivity index (χ3n) is 7.40. The van der Waals surface area contributed by atoms with Crippen molar-refractivity contribution < 1.29 is 34.0 Å². The molecule has 3 aromatic carbocycles. The van der Waals surface area contributed by atoms with E-state index in [4.69, 9.17) is 14.2 Å². The van der Waals surface area contributed by atoms with E-state index < -0.39 is 6.10 Å². The fourth-order valence-corrected chi connectivity index (χ4v) is 4.88. The van der Waals surface area contributed by atoms with Gasteiger partial charge in [0, 0.05) is 43.1 Å². The summed E-state index contributed by atoms with van der Waals surface area (Å²) in [5.74, 6) is 1.60. The Labute approximate surface area is 241 Å². The molecule has 1 heterocycles. The summed E-state index contributed by atoms with van der Waals surface area (Å²) in [5.41, 5.74) is 2.02. The molecular formula is C33H39NO7. The molecule has 1 saturated heterocycles. The van der Waals surface area contributed by atoms with Gasteiger partial charge in [-0.25, -0.2) is 0 Å². The second kappa shape index (κ2) is 14.3. The molecule has 2 N–H and O–H groups in total. The number of phenolic OH excluding ortho intramolecular Hbond substituents is 1. The summed E-state index contributed by atoms with van der Waals surface area (Å²) in [6.07, 6.45) is -0.472. The van der Waals surface area contributed by atoms with Crippen LogP contribution in [0, 0.1) is 0 Å². The van der Waals surface area contributed by atoms with E-state index in [1.165, 1.54) is 0 Å². The number of phenols is 1. The summed E-state index contributed by atoms with van der Waals surface area (Å²) in [7, 11) is 0. The first-order valence-electron chi connectivity index (χ1n) is 14.2. The minimum absolute atomic E-state index is 0.0819. The number of aliphatic hydroxyl groups excluding tert-OH is 1. The van der Waals surface area contributed by atoms with Crippen molar-refractivity contribution in [2.24, 2.45) is 0 Å². The van der Waals surface area contributed by atoms with Crippen LogP contribution in [0.25, 0.3) is 0 Å². The summed E-state index contributed by atoms with van der Waals surface area (Å²) in [6, 6.07) is 20.5. The number of ketones is 2. The van der Waals surface area contributed by atoms with Gasteiger partial charge in [-0.1, -0.05) is 26.0 Å². The first-order chi connectivity index (χ1) is 19.8. The van der Waals surface area contributed by atoms with Crippen molar-refractivity contribution in [3.05, 3.63) is 89.5 Å². The van der Waals surface area contributed by atoms with E-state index in [2.05, 4.69) is 4.90 Å². The Hall–Kier alpha value is -3.72. The number of benzene rings is 3. The van der Waals surface area contributed by atoms with Gasteiger partial charge in [0.05, 0.1) is 6.10 Å². The minimum atomic E-state index is -0.774. The monoisotopic (exact) mass is 561 g/mol. The van der Waals surface area contributed by atoms with Crippen molar-refractivity contribution in [2.45, 2.75) is 58.0 Å². The number of hydrogen-bond acceptors (Lipinski definition) is 8. The molecule has 4 atom stereocenters. The zero-order valence-corrected chi connectivity index (χ0v) is 23.9. The van der Waals surface area contributed by atoms with Crippen LogP contribution in [-0.4, -0.2) is 71.2 Å². The molecule has 0 aliphatic carbocycles. The molecule has 0 amide bonds. The number of rotatable bonds is 13. The molecule has 0 radical (unpaired) electrons. The van der Waals surface area contributed by atoms with Gasteiger partial charge in [0.15, 0.2) is 11.6 Å². The van der Waals surface area contributed by atoms with Crippen LogP contribution >= 0.6 is 0 Å². The normalized spacial score (nSPS) is 18.8. The number of morpholine rings is 1. The van der Waals surface area contributed by atoms with Crippen LogP contribution in [0.4, 0.5) is 0 Å². The molecule has 0 saturated carbocycles. The van der Waals surface area contributed by atoms with Gasteiger partial charge in [-0.2, -0.15) is 0 Å². The SMILES string of the molecule is CCC(=O)c1ccc(OC[C@@H]2CN([C@@H](C)[C@H](O)c3ccc(O)cc3)C[C@H](COc3ccc(C(=O)CC)cc3)O2)cc1. The number of aromatic hydroxyl groups is 1. The standard InChI is InChI=1S/C33H39NO7/c1-4-31(36)23-8-14-27(15-9-23)39-20-29-18-34(22(3)33(38)25-6-12-26(35)13-7-25)19-30(41-29)21-40-28-16-10-24(11-17-28)32(37)5-2/h6-17,22,29-30,33,35,38H,4-5,18-21H2,1-3H3/t22-,29-,30+,33-/m0/s1. The Kier molecular flexibility index (Phi) is 10.5. The highest BCUT2D eigenvalue weighted by Gasteiger charge is 2.34. The van der Waals surface area contributed by atoms with Gasteiger partial charge in [-0.05, 0) is 73.2 Å². The summed E-state index contributed by atoms with van der Waals surface area (Å²) in [6.45, 7) is 7.27. The lowest BCUT2D eigenvalue weighted by Gasteiger charge is -2.42. The molecule has 1 fully saturated rings. The van der Waals surface area contributed by atoms with Crippen LogP contribution in [0.2, 0.25) is 0 Å². The first-order valence-corrected chi connectivity index (χ1v) is 14.2. The number of Topliss-reactive ketones (excluding diaryl/α,β-unsaturated/α-hetero) is 2. The highest BCUT2D eigenvalue weighted by atomic mass is 16.6. The molecule has 218 valence electrons. The van der Waals surface area contributed by atoms with Gasteiger partial charge in [0.1, 0.15) is 42.7 Å². The molecule has 1 aliphatic heterocycles. The topological polar surface area (TPSA) is 106 Å². The molecule has 0 unspecified atom stereocenters. The Morgan fingerprint density at radius 1 is 0.805 bits per heavy atom. The number of ether oxygens (including phenoxy) is 3. The van der Waals surface area contributed by atoms with E-state index >= 15 is 0 Å². The lowest BCUT2D eigenvalue weighted by atomic mass is 10.0. The van der Waals surface area contributed by atoms with Crippen molar-refractivity contribution in [3.8, 4) is 17.2 Å². The molecule has 8 nitrogen and oxygen atoms in total. The van der Waals surface area contributed by atoms with Crippen LogP contribution < -0.4 is 9.47 Å². The van der Waals surface area contributed by atoms with E-state index in [1.807, 2.05) is 20.8 Å². The van der Waals surface area contributed by atoms with Crippen molar-refractivity contribution in [1.82, 2.24) is 4.90 Å². The average Bonchev–Trinajstić information content (AvgIpc) is 3.02. The quantitative estimate of drug-likeness (QED) is 0.274. The number of nitrogens with zero attached hydrogens (tertiary/aromatic N) is 1. The second-order valence-electron chi connectivity index (χ2n) is 10.3. The first kappa shape index (κ1) is 30.2. The lowest BCUT2D eigenvalue weighted by molar-refractivity contribution is -0.128. The molecule has 41 heavy (non-hydrogen) atoms. The zero-order chi connectivity index (χ0) is 29.4. The molecular weight excluding hydrogens is 522 g/mol. The molecule has 4 rings (SSSR count). The number of carbonyl (C=O) groups is 2. The molecule has 8 heteroatoms. The predicted molar refractivity (Wildman–Crippen MR) is 156 cm³/mol. The Morgan fingerprint density at radius 2 is 1.24 bits per heavy atom. The second-order valence-corrected chi connectivity index (χ2v) is 10.3. The van der Waals surface area contributed by atoms with Crippen molar-refractivity contribution in [2.75, 3.05) is 26.3 Å². The minimum Gasteiger partial charge on any atom is -0.508 e. The molecule has 1 aliphatic rings. The summed E-state index contributed by atoms with van der Waals surface area (Å²) < 4.78 is 18.4.